The van der Waals surface area contributed by atoms with Crippen molar-refractivity contribution in [1.82, 2.24) is 0 Å². The zero-order valence-corrected chi connectivity index (χ0v) is 5.11. The summed E-state index contributed by atoms with van der Waals surface area (Å²) in [5, 5.41) is 0. The van der Waals surface area contributed by atoms with Gasteiger partial charge >= 0.3 is 0 Å². The van der Waals surface area contributed by atoms with Gasteiger partial charge in [0.15, 0.2) is 7.41 Å². The second kappa shape index (κ2) is 6.02. The van der Waals surface area contributed by atoms with E-state index in [2.05, 4.69) is 6.92 Å². The van der Waals surface area contributed by atoms with Crippen molar-refractivity contribution >= 4 is 7.41 Å². The second-order valence-corrected chi connectivity index (χ2v) is 1.85. The average molecular weight is 99.0 g/mol. The van der Waals surface area contributed by atoms with Crippen LogP contribution in [0.15, 0.2) is 0 Å². The Hall–Kier alpha value is 0.0249. The van der Waals surface area contributed by atoms with E-state index in [4.69, 9.17) is 5.64 Å². The molecule has 0 rings (SSSR count). The van der Waals surface area contributed by atoms with Crippen LogP contribution in [-0.2, 0) is 0 Å². The lowest BCUT2D eigenvalue weighted by atomic mass is 9.88. The predicted molar refractivity (Wildman–Crippen MR) is 35.7 cm³/mol. The van der Waals surface area contributed by atoms with Crippen molar-refractivity contribution in [2.75, 3.05) is 0 Å². The van der Waals surface area contributed by atoms with Crippen LogP contribution < -0.4 is 5.64 Å². The fraction of sp³-hybridized carbons (Fsp3) is 1.00. The van der Waals surface area contributed by atoms with Crippen LogP contribution in [-0.4, -0.2) is 7.41 Å². The molecule has 42 valence electrons. The lowest BCUT2D eigenvalue weighted by molar-refractivity contribution is 0.768. The van der Waals surface area contributed by atoms with E-state index in [1.165, 1.54) is 25.6 Å². The highest BCUT2D eigenvalue weighted by Gasteiger charge is 1.82. The third-order valence-corrected chi connectivity index (χ3v) is 1.06. The van der Waals surface area contributed by atoms with Crippen LogP contribution in [0.5, 0.6) is 0 Å². The minimum absolute atomic E-state index is 0.861. The molecule has 0 atom stereocenters. The van der Waals surface area contributed by atoms with Gasteiger partial charge in [0.1, 0.15) is 0 Å². The molecule has 2 heteroatoms. The summed E-state index contributed by atoms with van der Waals surface area (Å²) in [5.74, 6) is 0. The minimum atomic E-state index is 0.861. The quantitative estimate of drug-likeness (QED) is 0.411. The second-order valence-electron chi connectivity index (χ2n) is 1.85. The molecule has 0 saturated carbocycles. The third kappa shape index (κ3) is 6.02. The van der Waals surface area contributed by atoms with E-state index in [1.54, 1.807) is 0 Å². The van der Waals surface area contributed by atoms with Crippen molar-refractivity contribution < 1.29 is 0 Å². The van der Waals surface area contributed by atoms with Crippen molar-refractivity contribution in [1.29, 1.82) is 0 Å². The molecule has 0 aliphatic rings. The van der Waals surface area contributed by atoms with E-state index < -0.39 is 0 Å². The van der Waals surface area contributed by atoms with Gasteiger partial charge in [0.2, 0.25) is 0 Å². The van der Waals surface area contributed by atoms with Crippen molar-refractivity contribution in [3.63, 3.8) is 0 Å². The molecular weight excluding hydrogens is 84.9 g/mol. The Morgan fingerprint density at radius 2 is 2.14 bits per heavy atom. The molecule has 0 bridgehead atoms. The Labute approximate surface area is 46.5 Å². The van der Waals surface area contributed by atoms with Gasteiger partial charge in [0.05, 0.1) is 0 Å². The maximum absolute atomic E-state index is 5.27. The van der Waals surface area contributed by atoms with Crippen LogP contribution in [0.4, 0.5) is 0 Å². The molecule has 0 radical (unpaired) electrons. The van der Waals surface area contributed by atoms with Crippen molar-refractivity contribution in [3.8, 4) is 0 Å². The molecule has 2 N–H and O–H groups in total. The molecule has 0 heterocycles. The molecule has 0 unspecified atom stereocenters. The molecule has 7 heavy (non-hydrogen) atoms. The van der Waals surface area contributed by atoms with Crippen LogP contribution in [0, 0.1) is 0 Å². The Kier molecular flexibility index (Phi) is 6.05. The largest absolute Gasteiger partial charge is 0.373 e. The summed E-state index contributed by atoms with van der Waals surface area (Å²) in [7, 11) is 0.861. The normalized spacial score (nSPS) is 8.86. The Balaban J connectivity index is 2.45. The predicted octanol–water partition coefficient (Wildman–Crippen LogP) is 0.905. The zero-order chi connectivity index (χ0) is 5.54. The fourth-order valence-corrected chi connectivity index (χ4v) is 0.571. The SMILES string of the molecule is CCCCCBN. The number of nitrogens with two attached hydrogens (primary N) is 1. The van der Waals surface area contributed by atoms with Gasteiger partial charge in [-0.3, -0.25) is 0 Å². The molecule has 1 nitrogen and oxygen atoms in total. The highest BCUT2D eigenvalue weighted by molar-refractivity contribution is 6.30. The van der Waals surface area contributed by atoms with Crippen LogP contribution in [0.2, 0.25) is 6.32 Å². The molecule has 0 aliphatic carbocycles. The number of rotatable bonds is 4. The number of hydrogen-bond donors (Lipinski definition) is 1. The first-order valence-electron chi connectivity index (χ1n) is 3.12. The topological polar surface area (TPSA) is 26.0 Å². The molecular formula is C5H14BN. The van der Waals surface area contributed by atoms with E-state index in [0.29, 0.717) is 0 Å². The summed E-state index contributed by atoms with van der Waals surface area (Å²) in [6.45, 7) is 2.20. The molecule has 0 aliphatic heterocycles. The van der Waals surface area contributed by atoms with Gasteiger partial charge in [-0.1, -0.05) is 32.5 Å². The number of hydrogen-bond acceptors (Lipinski definition) is 1. The zero-order valence-electron chi connectivity index (χ0n) is 5.11. The van der Waals surface area contributed by atoms with Gasteiger partial charge < -0.3 is 5.64 Å². The van der Waals surface area contributed by atoms with E-state index in [9.17, 15) is 0 Å². The van der Waals surface area contributed by atoms with Crippen LogP contribution in [0.3, 0.4) is 0 Å². The molecule has 0 aromatic carbocycles. The van der Waals surface area contributed by atoms with E-state index in [1.807, 2.05) is 0 Å². The summed E-state index contributed by atoms with van der Waals surface area (Å²) < 4.78 is 0. The third-order valence-electron chi connectivity index (χ3n) is 1.06. The van der Waals surface area contributed by atoms with Crippen molar-refractivity contribution in [3.05, 3.63) is 0 Å². The Morgan fingerprint density at radius 3 is 2.57 bits per heavy atom. The van der Waals surface area contributed by atoms with Gasteiger partial charge in [-0.25, -0.2) is 0 Å². The molecule has 0 amide bonds. The Bertz CT molecular complexity index is 27.3. The van der Waals surface area contributed by atoms with Gasteiger partial charge in [0, 0.05) is 0 Å². The summed E-state index contributed by atoms with van der Waals surface area (Å²) in [6, 6.07) is 0. The minimum Gasteiger partial charge on any atom is -0.373 e. The molecule has 0 fully saturated rings. The highest BCUT2D eigenvalue weighted by atomic mass is 14.3. The summed E-state index contributed by atoms with van der Waals surface area (Å²) in [4.78, 5) is 0. The fourth-order valence-electron chi connectivity index (χ4n) is 0.571. The van der Waals surface area contributed by atoms with Gasteiger partial charge in [-0.2, -0.15) is 0 Å². The first kappa shape index (κ1) is 7.02. The standard InChI is InChI=1S/C5H14BN/c1-2-3-4-5-6-7/h6H,2-5,7H2,1H3. The van der Waals surface area contributed by atoms with Gasteiger partial charge in [-0.05, 0) is 0 Å². The maximum atomic E-state index is 5.27. The smallest absolute Gasteiger partial charge is 0.198 e. The monoisotopic (exact) mass is 99.1 g/mol. The Morgan fingerprint density at radius 1 is 1.43 bits per heavy atom. The lowest BCUT2D eigenvalue weighted by Gasteiger charge is -1.89. The van der Waals surface area contributed by atoms with E-state index in [-0.39, 0.29) is 0 Å². The molecule has 0 saturated heterocycles. The summed E-state index contributed by atoms with van der Waals surface area (Å²) in [6.07, 6.45) is 5.16. The highest BCUT2D eigenvalue weighted by Crippen LogP contribution is 1.95. The number of unbranched alkanes of at least 4 members (excludes halogenated alkanes) is 2. The van der Waals surface area contributed by atoms with Gasteiger partial charge in [0.25, 0.3) is 0 Å². The summed E-state index contributed by atoms with van der Waals surface area (Å²) >= 11 is 0. The summed E-state index contributed by atoms with van der Waals surface area (Å²) in [5.41, 5.74) is 5.27. The van der Waals surface area contributed by atoms with Crippen LogP contribution in [0.25, 0.3) is 0 Å². The first-order chi connectivity index (χ1) is 3.41. The average Bonchev–Trinajstić information content (AvgIpc) is 1.69. The van der Waals surface area contributed by atoms with Crippen molar-refractivity contribution in [2.24, 2.45) is 5.64 Å². The van der Waals surface area contributed by atoms with Crippen LogP contribution in [0.1, 0.15) is 26.2 Å². The lowest BCUT2D eigenvalue weighted by Crippen LogP contribution is -2.02. The van der Waals surface area contributed by atoms with Crippen LogP contribution >= 0.6 is 0 Å². The molecule has 0 aromatic heterocycles. The maximum Gasteiger partial charge on any atom is 0.198 e. The molecule has 0 aromatic rings. The van der Waals surface area contributed by atoms with Crippen molar-refractivity contribution in [2.45, 2.75) is 32.5 Å². The van der Waals surface area contributed by atoms with E-state index >= 15 is 0 Å². The first-order valence-corrected chi connectivity index (χ1v) is 3.12. The van der Waals surface area contributed by atoms with E-state index in [0.717, 1.165) is 7.41 Å². The molecule has 0 spiro atoms. The van der Waals surface area contributed by atoms with Gasteiger partial charge in [-0.15, -0.1) is 0 Å².